The molecule has 1 aromatic rings. The molecule has 2 unspecified atom stereocenters. The first kappa shape index (κ1) is 21.4. The molecule has 0 aliphatic rings. The van der Waals surface area contributed by atoms with E-state index < -0.39 is 20.4 Å². The number of carbonyl (C=O) groups is 2. The summed E-state index contributed by atoms with van der Waals surface area (Å²) in [6, 6.07) is 9.54. The lowest BCUT2D eigenvalue weighted by molar-refractivity contribution is -0.139. The number of hydrogen-bond acceptors (Lipinski definition) is 3. The van der Waals surface area contributed by atoms with E-state index in [1.54, 1.807) is 0 Å². The molecule has 1 aromatic carbocycles. The SMILES string of the molecule is CC(NC(=O)CC(CC(=O)O)O[Si](C)(C)C(C)(C)C)c1ccccc1. The Hall–Kier alpha value is -1.66. The Balaban J connectivity index is 2.74. The smallest absolute Gasteiger partial charge is 0.305 e. The van der Waals surface area contributed by atoms with Gasteiger partial charge in [0.15, 0.2) is 8.32 Å². The lowest BCUT2D eigenvalue weighted by Crippen LogP contribution is -2.45. The van der Waals surface area contributed by atoms with Crippen LogP contribution >= 0.6 is 0 Å². The third-order valence-corrected chi connectivity index (χ3v) is 9.29. The molecule has 2 atom stereocenters. The highest BCUT2D eigenvalue weighted by atomic mass is 28.4. The third-order valence-electron chi connectivity index (χ3n) is 4.76. The molecule has 2 N–H and O–H groups in total. The average molecular weight is 366 g/mol. The summed E-state index contributed by atoms with van der Waals surface area (Å²) in [6.07, 6.45) is -0.725. The van der Waals surface area contributed by atoms with Gasteiger partial charge in [0.2, 0.25) is 5.91 Å². The van der Waals surface area contributed by atoms with Crippen LogP contribution in [0.4, 0.5) is 0 Å². The van der Waals surface area contributed by atoms with E-state index >= 15 is 0 Å². The minimum Gasteiger partial charge on any atom is -0.481 e. The Kier molecular flexibility index (Phi) is 7.38. The number of nitrogens with one attached hydrogen (secondary N) is 1. The van der Waals surface area contributed by atoms with Crippen LogP contribution in [0.3, 0.4) is 0 Å². The van der Waals surface area contributed by atoms with Crippen LogP contribution in [0.25, 0.3) is 0 Å². The second-order valence-corrected chi connectivity index (χ2v) is 12.8. The molecule has 0 aliphatic carbocycles. The monoisotopic (exact) mass is 365 g/mol. The van der Waals surface area contributed by atoms with E-state index in [2.05, 4.69) is 39.2 Å². The van der Waals surface area contributed by atoms with Crippen LogP contribution < -0.4 is 5.32 Å². The number of rotatable bonds is 8. The van der Waals surface area contributed by atoms with E-state index in [0.29, 0.717) is 0 Å². The van der Waals surface area contributed by atoms with Crippen LogP contribution in [-0.4, -0.2) is 31.4 Å². The highest BCUT2D eigenvalue weighted by Gasteiger charge is 2.40. The fourth-order valence-corrected chi connectivity index (χ4v) is 3.63. The zero-order valence-electron chi connectivity index (χ0n) is 16.1. The van der Waals surface area contributed by atoms with Crippen molar-refractivity contribution in [2.75, 3.05) is 0 Å². The second-order valence-electron chi connectivity index (χ2n) is 8.00. The van der Waals surface area contributed by atoms with Crippen LogP contribution in [0.1, 0.15) is 52.1 Å². The van der Waals surface area contributed by atoms with Crippen molar-refractivity contribution in [3.8, 4) is 0 Å². The van der Waals surface area contributed by atoms with E-state index in [1.807, 2.05) is 37.3 Å². The predicted molar refractivity (Wildman–Crippen MR) is 102 cm³/mol. The second kappa shape index (κ2) is 8.63. The van der Waals surface area contributed by atoms with Crippen molar-refractivity contribution >= 4 is 20.2 Å². The summed E-state index contributed by atoms with van der Waals surface area (Å²) in [5, 5.41) is 12.0. The molecule has 0 saturated carbocycles. The minimum atomic E-state index is -2.15. The van der Waals surface area contributed by atoms with Gasteiger partial charge in [-0.2, -0.15) is 0 Å². The Morgan fingerprint density at radius 1 is 1.16 bits per heavy atom. The van der Waals surface area contributed by atoms with Crippen LogP contribution in [0.15, 0.2) is 30.3 Å². The average Bonchev–Trinajstić information content (AvgIpc) is 2.45. The Bertz CT molecular complexity index is 581. The molecule has 0 aromatic heterocycles. The van der Waals surface area contributed by atoms with E-state index in [1.165, 1.54) is 0 Å². The maximum atomic E-state index is 12.4. The third kappa shape index (κ3) is 7.00. The predicted octanol–water partition coefficient (Wildman–Crippen LogP) is 4.12. The van der Waals surface area contributed by atoms with Crippen molar-refractivity contribution < 1.29 is 19.1 Å². The number of carboxylic acids is 1. The summed E-state index contributed by atoms with van der Waals surface area (Å²) in [7, 11) is -2.15. The highest BCUT2D eigenvalue weighted by molar-refractivity contribution is 6.74. The maximum Gasteiger partial charge on any atom is 0.305 e. The molecule has 0 aliphatic heterocycles. The molecule has 0 saturated heterocycles. The molecule has 0 radical (unpaired) electrons. The van der Waals surface area contributed by atoms with E-state index in [4.69, 9.17) is 9.53 Å². The molecule has 0 bridgehead atoms. The van der Waals surface area contributed by atoms with Crippen molar-refractivity contribution in [1.82, 2.24) is 5.32 Å². The summed E-state index contributed by atoms with van der Waals surface area (Å²) >= 11 is 0. The molecule has 0 spiro atoms. The van der Waals surface area contributed by atoms with Gasteiger partial charge in [-0.3, -0.25) is 9.59 Å². The molecule has 5 nitrogen and oxygen atoms in total. The Morgan fingerprint density at radius 3 is 2.20 bits per heavy atom. The fraction of sp³-hybridized carbons (Fsp3) is 0.579. The van der Waals surface area contributed by atoms with Gasteiger partial charge in [-0.1, -0.05) is 51.1 Å². The largest absolute Gasteiger partial charge is 0.481 e. The molecular weight excluding hydrogens is 334 g/mol. The van der Waals surface area contributed by atoms with Crippen molar-refractivity contribution in [3.05, 3.63) is 35.9 Å². The van der Waals surface area contributed by atoms with E-state index in [-0.39, 0.29) is 29.8 Å². The van der Waals surface area contributed by atoms with Gasteiger partial charge in [-0.05, 0) is 30.6 Å². The number of benzene rings is 1. The van der Waals surface area contributed by atoms with Crippen LogP contribution in [-0.2, 0) is 14.0 Å². The fourth-order valence-electron chi connectivity index (χ4n) is 2.28. The molecular formula is C19H31NO4Si. The first-order valence-corrected chi connectivity index (χ1v) is 11.6. The van der Waals surface area contributed by atoms with Crippen LogP contribution in [0.5, 0.6) is 0 Å². The van der Waals surface area contributed by atoms with Gasteiger partial charge in [0.25, 0.3) is 0 Å². The van der Waals surface area contributed by atoms with Crippen molar-refractivity contribution in [2.45, 2.75) is 70.8 Å². The number of carboxylic acid groups (broad SMARTS) is 1. The van der Waals surface area contributed by atoms with Crippen LogP contribution in [0.2, 0.25) is 18.1 Å². The normalized spacial score (nSPS) is 14.6. The zero-order valence-corrected chi connectivity index (χ0v) is 17.1. The molecule has 25 heavy (non-hydrogen) atoms. The van der Waals surface area contributed by atoms with Crippen LogP contribution in [0, 0.1) is 0 Å². The van der Waals surface area contributed by atoms with Gasteiger partial charge in [0.05, 0.1) is 25.0 Å². The summed E-state index contributed by atoms with van der Waals surface area (Å²) in [5.74, 6) is -1.14. The number of amides is 1. The first-order valence-electron chi connectivity index (χ1n) is 8.66. The van der Waals surface area contributed by atoms with Crippen molar-refractivity contribution in [1.29, 1.82) is 0 Å². The van der Waals surface area contributed by atoms with Gasteiger partial charge in [0.1, 0.15) is 0 Å². The standard InChI is InChI=1S/C19H31NO4Si/c1-14(15-10-8-7-9-11-15)20-17(21)12-16(13-18(22)23)24-25(5,6)19(2,3)4/h7-11,14,16H,12-13H2,1-6H3,(H,20,21)(H,22,23). The number of hydrogen-bond donors (Lipinski definition) is 2. The molecule has 140 valence electrons. The highest BCUT2D eigenvalue weighted by Crippen LogP contribution is 2.38. The van der Waals surface area contributed by atoms with Crippen molar-refractivity contribution in [3.63, 3.8) is 0 Å². The summed E-state index contributed by atoms with van der Waals surface area (Å²) in [5.41, 5.74) is 1.01. The van der Waals surface area contributed by atoms with Gasteiger partial charge >= 0.3 is 5.97 Å². The quantitative estimate of drug-likeness (QED) is 0.680. The molecule has 6 heteroatoms. The summed E-state index contributed by atoms with van der Waals surface area (Å²) < 4.78 is 6.17. The lowest BCUT2D eigenvalue weighted by atomic mass is 10.1. The van der Waals surface area contributed by atoms with Gasteiger partial charge < -0.3 is 14.8 Å². The summed E-state index contributed by atoms with van der Waals surface area (Å²) in [4.78, 5) is 23.6. The van der Waals surface area contributed by atoms with E-state index in [9.17, 15) is 9.59 Å². The molecule has 1 rings (SSSR count). The summed E-state index contributed by atoms with van der Waals surface area (Å²) in [6.45, 7) is 12.3. The minimum absolute atomic E-state index is 0.0441. The van der Waals surface area contributed by atoms with Gasteiger partial charge in [0, 0.05) is 0 Å². The Labute approximate surface area is 151 Å². The van der Waals surface area contributed by atoms with Gasteiger partial charge in [-0.15, -0.1) is 0 Å². The maximum absolute atomic E-state index is 12.4. The van der Waals surface area contributed by atoms with Gasteiger partial charge in [-0.25, -0.2) is 0 Å². The number of aliphatic carboxylic acids is 1. The molecule has 0 heterocycles. The topological polar surface area (TPSA) is 75.6 Å². The molecule has 0 fully saturated rings. The first-order chi connectivity index (χ1) is 11.4. The zero-order chi connectivity index (χ0) is 19.3. The van der Waals surface area contributed by atoms with Crippen molar-refractivity contribution in [2.24, 2.45) is 0 Å². The van der Waals surface area contributed by atoms with E-state index in [0.717, 1.165) is 5.56 Å². The Morgan fingerprint density at radius 2 is 1.72 bits per heavy atom. The molecule has 1 amide bonds. The number of carbonyl (C=O) groups excluding carboxylic acids is 1. The lowest BCUT2D eigenvalue weighted by Gasteiger charge is -2.39.